The van der Waals surface area contributed by atoms with Gasteiger partial charge < -0.3 is 19.1 Å². The van der Waals surface area contributed by atoms with Gasteiger partial charge in [0.05, 0.1) is 46.2 Å². The molecule has 1 aromatic carbocycles. The number of aromatic nitrogens is 1. The number of ether oxygens (including phenoxy) is 3. The minimum absolute atomic E-state index is 0.0569. The van der Waals surface area contributed by atoms with Crippen molar-refractivity contribution >= 4 is 44.4 Å². The second kappa shape index (κ2) is 16.3. The van der Waals surface area contributed by atoms with Crippen molar-refractivity contribution in [2.75, 3.05) is 13.6 Å². The number of allylic oxidation sites excluding steroid dienone is 2. The maximum Gasteiger partial charge on any atom is 0.427 e. The van der Waals surface area contributed by atoms with E-state index in [2.05, 4.69) is 9.71 Å². The Balaban J connectivity index is 1.39. The monoisotopic (exact) mass is 857 g/mol. The lowest BCUT2D eigenvalue weighted by Crippen LogP contribution is -2.49. The summed E-state index contributed by atoms with van der Waals surface area (Å²) in [4.78, 5) is 62.8. The zero-order valence-corrected chi connectivity index (χ0v) is 34.0. The smallest absolute Gasteiger partial charge is 0.427 e. The van der Waals surface area contributed by atoms with Crippen molar-refractivity contribution in [1.82, 2.24) is 14.6 Å². The summed E-state index contributed by atoms with van der Waals surface area (Å²) in [6.45, 7) is 1.08. The first kappa shape index (κ1) is 36.6. The summed E-state index contributed by atoms with van der Waals surface area (Å²) in [5, 5.41) is 0.300. The molecule has 12 nitrogen and oxygen atoms in total. The van der Waals surface area contributed by atoms with Gasteiger partial charge in [0.15, 0.2) is 17.3 Å². The summed E-state index contributed by atoms with van der Waals surface area (Å²) in [7, 11) is -7.11. The highest BCUT2D eigenvalue weighted by Gasteiger charge is 2.63. The predicted molar refractivity (Wildman–Crippen MR) is 208 cm³/mol. The Morgan fingerprint density at radius 2 is 1.92 bits per heavy atom. The number of ketones is 1. The minimum atomic E-state index is -5.54. The molecule has 6 rings (SSSR count). The lowest BCUT2D eigenvalue weighted by atomic mass is 9.79. The third-order valence-electron chi connectivity index (χ3n) is 12.5. The van der Waals surface area contributed by atoms with E-state index in [0.717, 1.165) is 17.0 Å². The molecule has 59 heavy (non-hydrogen) atoms. The van der Waals surface area contributed by atoms with Crippen LogP contribution < -0.4 is 14.2 Å². The molecule has 1 saturated heterocycles. The Kier molecular flexibility index (Phi) is 10.1. The van der Waals surface area contributed by atoms with Gasteiger partial charge in [0.2, 0.25) is 33.3 Å². The van der Waals surface area contributed by atoms with Gasteiger partial charge in [-0.2, -0.15) is 13.2 Å². The summed E-state index contributed by atoms with van der Waals surface area (Å²) in [5.74, 6) is -8.72. The topological polar surface area (TPSA) is 158 Å². The van der Waals surface area contributed by atoms with Crippen LogP contribution in [0.3, 0.4) is 0 Å². The fraction of sp³-hybridized carbons (Fsp3) is 0.643. The number of nitrogens with one attached hydrogen (secondary N) is 1. The van der Waals surface area contributed by atoms with Crippen molar-refractivity contribution in [3.05, 3.63) is 42.4 Å². The van der Waals surface area contributed by atoms with Crippen LogP contribution in [0.15, 0.2) is 36.5 Å². The first-order chi connectivity index (χ1) is 29.9. The molecule has 2 amide bonds. The lowest BCUT2D eigenvalue weighted by molar-refractivity contribution is -0.257. The van der Waals surface area contributed by atoms with E-state index in [1.807, 2.05) is 13.0 Å². The molecule has 2 aliphatic carbocycles. The molecule has 4 aliphatic rings. The molecule has 17 heteroatoms. The summed E-state index contributed by atoms with van der Waals surface area (Å²) >= 11 is 0. The maximum atomic E-state index is 15.2. The number of fused-ring (bicyclic) bond motifs is 3. The molecular weight excluding hydrogens is 799 g/mol. The standard InChI is InChI=1S/C42H53F4N3O9S/c1-7-25-16-24(2)10-8-9-11-27-21-41(27,38(53)48-59(54,55)40(5)13-14-40)22-33(50)32-18-28(57-36-29-19-31(43)34(56-6)17-26(29)12-15-47-36)23-49(32)37(52)30(25)20-35(51)58-39(3,4)42(44,45)46/h9,11-12,15,17,19,24-25,27-28,30,32H,7-8,10,13-14,16,18,20-23H2,1-6H3,(H,48,53)/b11-9-/t24-,25+,27+,28+,30-,32-,41+/m0/s1/i3D3,6D3/t24-,25+,27+,28+,30-,32-,39?,41+. The van der Waals surface area contributed by atoms with Crippen LogP contribution in [0.4, 0.5) is 17.6 Å². The maximum absolute atomic E-state index is 15.2. The number of nitrogens with zero attached hydrogens (tertiary/aromatic N) is 2. The van der Waals surface area contributed by atoms with E-state index in [9.17, 15) is 36.0 Å². The second-order valence-electron chi connectivity index (χ2n) is 17.0. The van der Waals surface area contributed by atoms with Crippen LogP contribution in [0.25, 0.3) is 10.8 Å². The quantitative estimate of drug-likeness (QED) is 0.150. The number of benzene rings is 1. The van der Waals surface area contributed by atoms with E-state index in [0.29, 0.717) is 25.7 Å². The molecule has 2 aliphatic heterocycles. The number of carbonyl (C=O) groups is 4. The highest BCUT2D eigenvalue weighted by molar-refractivity contribution is 7.91. The molecule has 1 N–H and O–H groups in total. The predicted octanol–water partition coefficient (Wildman–Crippen LogP) is 6.99. The van der Waals surface area contributed by atoms with Gasteiger partial charge in [-0.05, 0) is 101 Å². The van der Waals surface area contributed by atoms with Gasteiger partial charge in [0.25, 0.3) is 0 Å². The van der Waals surface area contributed by atoms with Crippen LogP contribution in [0.1, 0.15) is 107 Å². The molecule has 3 fully saturated rings. The normalized spacial score (nSPS) is 32.1. The lowest BCUT2D eigenvalue weighted by Gasteiger charge is -2.34. The Hall–Kier alpha value is -4.28. The third-order valence-corrected chi connectivity index (χ3v) is 14.7. The SMILES string of the molecule is [2H]C([2H])([2H])Oc1cc2ccnc(O[C@@H]3C[C@H]4C(=O)C[C@]5(C(=O)NS(=O)(=O)C6(C)CC6)C[C@H]5/C=C\CC[C@H](C)C[C@@H](CC)[C@H](CC(=O)OC(C)(C([2H])([2H])[2H])C(F)(F)F)C(=O)N4C3)c2cc1F. The number of esters is 1. The first-order valence-electron chi connectivity index (χ1n) is 22.7. The molecule has 1 unspecified atom stereocenters. The Labute approximate surface area is 350 Å². The molecule has 8 atom stereocenters. The van der Waals surface area contributed by atoms with Gasteiger partial charge in [-0.1, -0.05) is 32.4 Å². The van der Waals surface area contributed by atoms with Crippen molar-refractivity contribution in [3.63, 3.8) is 0 Å². The molecular formula is C42H53F4N3O9S. The number of methoxy groups -OCH3 is 1. The van der Waals surface area contributed by atoms with E-state index in [1.54, 1.807) is 13.0 Å². The third kappa shape index (κ3) is 9.09. The number of alkyl halides is 3. The summed E-state index contributed by atoms with van der Waals surface area (Å²) < 4.78 is 146. The minimum Gasteiger partial charge on any atom is -0.494 e. The van der Waals surface area contributed by atoms with Gasteiger partial charge >= 0.3 is 12.1 Å². The van der Waals surface area contributed by atoms with Crippen molar-refractivity contribution < 1.29 is 67.6 Å². The molecule has 1 aromatic heterocycles. The number of halogens is 4. The number of hydrogen-bond donors (Lipinski definition) is 1. The Morgan fingerprint density at radius 3 is 2.58 bits per heavy atom. The molecule has 324 valence electrons. The van der Waals surface area contributed by atoms with Crippen molar-refractivity contribution in [3.8, 4) is 11.6 Å². The van der Waals surface area contributed by atoms with E-state index in [-0.39, 0.29) is 55.2 Å². The number of Topliss-reactive ketones (excluding diaryl/α,β-unsaturated/α-hetero) is 1. The molecule has 0 radical (unpaired) electrons. The highest BCUT2D eigenvalue weighted by Crippen LogP contribution is 2.58. The number of carbonyl (C=O) groups excluding carboxylic acids is 4. The number of pyridine rings is 1. The number of rotatable bonds is 10. The summed E-state index contributed by atoms with van der Waals surface area (Å²) in [5.41, 5.74) is -5.46. The van der Waals surface area contributed by atoms with Gasteiger partial charge in [0, 0.05) is 28.5 Å². The van der Waals surface area contributed by atoms with Crippen LogP contribution in [0.5, 0.6) is 11.6 Å². The van der Waals surface area contributed by atoms with Crippen LogP contribution in [0.2, 0.25) is 0 Å². The molecule has 2 aromatic rings. The Morgan fingerprint density at radius 1 is 1.17 bits per heavy atom. The average molecular weight is 858 g/mol. The Bertz CT molecular complexity index is 2330. The number of hydrogen-bond acceptors (Lipinski definition) is 10. The fourth-order valence-corrected chi connectivity index (χ4v) is 9.66. The average Bonchev–Trinajstić information content (AvgIpc) is 4.06. The van der Waals surface area contributed by atoms with Crippen LogP contribution in [-0.4, -0.2) is 84.1 Å². The molecule has 0 bridgehead atoms. The van der Waals surface area contributed by atoms with Gasteiger partial charge in [-0.25, -0.2) is 17.8 Å². The molecule has 2 saturated carbocycles. The van der Waals surface area contributed by atoms with Crippen molar-refractivity contribution in [1.29, 1.82) is 0 Å². The van der Waals surface area contributed by atoms with E-state index >= 15 is 9.18 Å². The molecule has 0 spiro atoms. The van der Waals surface area contributed by atoms with Gasteiger partial charge in [0.1, 0.15) is 6.10 Å². The van der Waals surface area contributed by atoms with Gasteiger partial charge in [-0.15, -0.1) is 0 Å². The first-order valence-corrected chi connectivity index (χ1v) is 21.2. The van der Waals surface area contributed by atoms with Crippen LogP contribution >= 0.6 is 0 Å². The summed E-state index contributed by atoms with van der Waals surface area (Å²) in [6, 6.07) is 2.08. The van der Waals surface area contributed by atoms with Crippen LogP contribution in [-0.2, 0) is 33.9 Å². The number of amides is 2. The van der Waals surface area contributed by atoms with Crippen molar-refractivity contribution in [2.45, 2.75) is 127 Å². The highest BCUT2D eigenvalue weighted by atomic mass is 32.2. The van der Waals surface area contributed by atoms with Crippen LogP contribution in [0, 0.1) is 34.9 Å². The largest absolute Gasteiger partial charge is 0.494 e. The van der Waals surface area contributed by atoms with Gasteiger partial charge in [-0.3, -0.25) is 23.9 Å². The number of sulfonamides is 1. The van der Waals surface area contributed by atoms with E-state index < -0.39 is 130 Å². The second-order valence-corrected chi connectivity index (χ2v) is 19.2. The fourth-order valence-electron chi connectivity index (χ4n) is 8.33. The summed E-state index contributed by atoms with van der Waals surface area (Å²) in [6.07, 6.45) is -1.27. The zero-order chi connectivity index (χ0) is 48.3. The zero-order valence-electron chi connectivity index (χ0n) is 39.2. The van der Waals surface area contributed by atoms with E-state index in [1.165, 1.54) is 19.2 Å². The van der Waals surface area contributed by atoms with Crippen molar-refractivity contribution in [2.24, 2.45) is 29.1 Å². The molecule has 3 heterocycles. The van der Waals surface area contributed by atoms with E-state index in [4.69, 9.17) is 22.4 Å².